The van der Waals surface area contributed by atoms with Crippen LogP contribution in [0.1, 0.15) is 41.2 Å². The van der Waals surface area contributed by atoms with Gasteiger partial charge >= 0.3 is 6.18 Å². The van der Waals surface area contributed by atoms with Crippen LogP contribution in [0.3, 0.4) is 0 Å². The summed E-state index contributed by atoms with van der Waals surface area (Å²) in [7, 11) is 0. The molecule has 1 N–H and O–H groups in total. The summed E-state index contributed by atoms with van der Waals surface area (Å²) in [5, 5.41) is 1.79. The molecule has 1 aromatic heterocycles. The Morgan fingerprint density at radius 2 is 1.93 bits per heavy atom. The molecule has 4 rings (SSSR count). The molecule has 2 fully saturated rings. The largest absolute Gasteiger partial charge is 0.405 e. The number of pyridine rings is 1. The van der Waals surface area contributed by atoms with Crippen LogP contribution in [0.2, 0.25) is 0 Å². The number of alkyl halides is 3. The second-order valence-corrected chi connectivity index (χ2v) is 7.98. The van der Waals surface area contributed by atoms with Crippen molar-refractivity contribution in [2.24, 2.45) is 5.92 Å². The predicted octanol–water partition coefficient (Wildman–Crippen LogP) is 1.74. The smallest absolute Gasteiger partial charge is 0.381 e. The number of rotatable bonds is 3. The first-order valence-corrected chi connectivity index (χ1v) is 9.72. The highest BCUT2D eigenvalue weighted by Crippen LogP contribution is 2.37. The van der Waals surface area contributed by atoms with Crippen molar-refractivity contribution in [2.45, 2.75) is 43.9 Å². The van der Waals surface area contributed by atoms with Crippen LogP contribution >= 0.6 is 0 Å². The van der Waals surface area contributed by atoms with Crippen LogP contribution in [0.4, 0.5) is 13.2 Å². The van der Waals surface area contributed by atoms with E-state index in [0.29, 0.717) is 18.5 Å². The molecule has 3 aliphatic rings. The van der Waals surface area contributed by atoms with Gasteiger partial charge < -0.3 is 14.6 Å². The summed E-state index contributed by atoms with van der Waals surface area (Å²) in [5.74, 6) is -0.465. The predicted molar refractivity (Wildman–Crippen MR) is 95.4 cm³/mol. The first-order valence-electron chi connectivity index (χ1n) is 9.72. The lowest BCUT2D eigenvalue weighted by Gasteiger charge is -2.46. The molecule has 0 saturated carbocycles. The normalized spacial score (nSPS) is 26.0. The van der Waals surface area contributed by atoms with E-state index >= 15 is 0 Å². The number of amides is 1. The summed E-state index contributed by atoms with van der Waals surface area (Å²) < 4.78 is 44.1. The summed E-state index contributed by atoms with van der Waals surface area (Å²) in [6, 6.07) is 3.61. The van der Waals surface area contributed by atoms with Gasteiger partial charge in [0.1, 0.15) is 12.1 Å². The number of hydrogen-bond donors (Lipinski definition) is 1. The molecule has 9 heteroatoms. The summed E-state index contributed by atoms with van der Waals surface area (Å²) >= 11 is 0. The van der Waals surface area contributed by atoms with E-state index in [1.165, 1.54) is 6.07 Å². The highest BCUT2D eigenvalue weighted by Gasteiger charge is 2.38. The van der Waals surface area contributed by atoms with Crippen LogP contribution in [0, 0.1) is 5.92 Å². The molecule has 28 heavy (non-hydrogen) atoms. The lowest BCUT2D eigenvalue weighted by molar-refractivity contribution is -0.123. The quantitative estimate of drug-likeness (QED) is 0.841. The molecule has 2 atom stereocenters. The van der Waals surface area contributed by atoms with Crippen LogP contribution in [0.5, 0.6) is 0 Å². The zero-order valence-electron chi connectivity index (χ0n) is 15.5. The van der Waals surface area contributed by atoms with Gasteiger partial charge in [-0.25, -0.2) is 0 Å². The molecule has 4 heterocycles. The number of halogens is 3. The third-order valence-corrected chi connectivity index (χ3v) is 6.03. The Kier molecular flexibility index (Phi) is 5.22. The van der Waals surface area contributed by atoms with E-state index in [9.17, 15) is 22.8 Å². The van der Waals surface area contributed by atoms with Crippen molar-refractivity contribution in [1.82, 2.24) is 14.8 Å². The number of carbonyl (C=O) groups excluding carboxylic acids is 1. The number of ether oxygens (including phenoxy) is 1. The summed E-state index contributed by atoms with van der Waals surface area (Å²) in [5.41, 5.74) is 0.158. The van der Waals surface area contributed by atoms with Crippen LogP contribution < -0.4 is 10.9 Å². The molecule has 2 bridgehead atoms. The fourth-order valence-electron chi connectivity index (χ4n) is 4.78. The third kappa shape index (κ3) is 3.96. The second kappa shape index (κ2) is 7.51. The summed E-state index contributed by atoms with van der Waals surface area (Å²) in [4.78, 5) is 27.3. The van der Waals surface area contributed by atoms with Crippen molar-refractivity contribution in [3.05, 3.63) is 33.7 Å². The van der Waals surface area contributed by atoms with Crippen LogP contribution in [-0.4, -0.2) is 60.4 Å². The summed E-state index contributed by atoms with van der Waals surface area (Å²) in [6.07, 6.45) is -1.47. The van der Waals surface area contributed by atoms with Gasteiger partial charge in [-0.05, 0) is 37.3 Å². The van der Waals surface area contributed by atoms with Gasteiger partial charge in [-0.3, -0.25) is 14.5 Å². The van der Waals surface area contributed by atoms with Crippen molar-refractivity contribution < 1.29 is 22.7 Å². The average Bonchev–Trinajstić information content (AvgIpc) is 2.67. The first-order chi connectivity index (χ1) is 13.3. The Morgan fingerprint density at radius 3 is 2.64 bits per heavy atom. The van der Waals surface area contributed by atoms with Gasteiger partial charge in [0.2, 0.25) is 0 Å². The lowest BCUT2D eigenvalue weighted by atomic mass is 9.82. The molecule has 3 aliphatic heterocycles. The molecule has 2 saturated heterocycles. The van der Waals surface area contributed by atoms with Crippen molar-refractivity contribution in [2.75, 3.05) is 32.8 Å². The Hall–Kier alpha value is -1.87. The van der Waals surface area contributed by atoms with Gasteiger partial charge in [0.05, 0.1) is 0 Å². The minimum atomic E-state index is -4.51. The maximum absolute atomic E-state index is 12.8. The molecule has 154 valence electrons. The number of hydrogen-bond acceptors (Lipinski definition) is 4. The van der Waals surface area contributed by atoms with E-state index in [4.69, 9.17) is 4.74 Å². The minimum absolute atomic E-state index is 0.204. The SMILES string of the molecule is O=C(NCC(F)(F)F)c1ccc2n(c1=O)C[C@H]1C[C@@H]2CN(C2CCOCC2)C1. The standard InChI is InChI=1S/C19H24F3N3O3/c20-19(21,22)11-23-17(26)15-1-2-16-13-7-12(9-25(16)18(15)27)8-24(10-13)14-3-5-28-6-4-14/h1-2,12-14H,3-11H2,(H,23,26)/t12-,13+/m0/s1. The van der Waals surface area contributed by atoms with E-state index in [-0.39, 0.29) is 11.5 Å². The third-order valence-electron chi connectivity index (χ3n) is 6.03. The van der Waals surface area contributed by atoms with Crippen molar-refractivity contribution in [1.29, 1.82) is 0 Å². The molecule has 0 aromatic carbocycles. The van der Waals surface area contributed by atoms with Crippen LogP contribution in [0.25, 0.3) is 0 Å². The minimum Gasteiger partial charge on any atom is -0.381 e. The lowest BCUT2D eigenvalue weighted by Crippen LogP contribution is -2.52. The maximum atomic E-state index is 12.8. The Labute approximate surface area is 160 Å². The Bertz CT molecular complexity index is 802. The Morgan fingerprint density at radius 1 is 1.18 bits per heavy atom. The molecular formula is C19H24F3N3O3. The zero-order valence-corrected chi connectivity index (χ0v) is 15.5. The first kappa shape index (κ1) is 19.4. The van der Waals surface area contributed by atoms with E-state index < -0.39 is 24.2 Å². The monoisotopic (exact) mass is 399 g/mol. The van der Waals surface area contributed by atoms with Crippen LogP contribution in [-0.2, 0) is 11.3 Å². The van der Waals surface area contributed by atoms with Gasteiger partial charge in [-0.15, -0.1) is 0 Å². The highest BCUT2D eigenvalue weighted by molar-refractivity contribution is 5.93. The highest BCUT2D eigenvalue weighted by atomic mass is 19.4. The fourth-order valence-corrected chi connectivity index (χ4v) is 4.78. The fraction of sp³-hybridized carbons (Fsp3) is 0.684. The molecule has 0 aliphatic carbocycles. The van der Waals surface area contributed by atoms with Gasteiger partial charge in [0.15, 0.2) is 0 Å². The van der Waals surface area contributed by atoms with Crippen LogP contribution in [0.15, 0.2) is 16.9 Å². The van der Waals surface area contributed by atoms with E-state index in [2.05, 4.69) is 4.90 Å². The number of nitrogens with zero attached hydrogens (tertiary/aromatic N) is 2. The molecule has 6 nitrogen and oxygen atoms in total. The Balaban J connectivity index is 1.53. The molecule has 0 radical (unpaired) electrons. The van der Waals surface area contributed by atoms with Crippen molar-refractivity contribution >= 4 is 5.91 Å². The van der Waals surface area contributed by atoms with Gasteiger partial charge in [0.25, 0.3) is 11.5 Å². The van der Waals surface area contributed by atoms with Crippen molar-refractivity contribution in [3.8, 4) is 0 Å². The summed E-state index contributed by atoms with van der Waals surface area (Å²) in [6.45, 7) is 2.38. The molecule has 0 unspecified atom stereocenters. The second-order valence-electron chi connectivity index (χ2n) is 7.98. The van der Waals surface area contributed by atoms with E-state index in [0.717, 1.165) is 51.3 Å². The molecule has 1 aromatic rings. The average molecular weight is 399 g/mol. The molecule has 0 spiro atoms. The number of likely N-dealkylation sites (tertiary alicyclic amines) is 1. The maximum Gasteiger partial charge on any atom is 0.405 e. The molecule has 1 amide bonds. The number of piperidine rings is 1. The van der Waals surface area contributed by atoms with Gasteiger partial charge in [-0.2, -0.15) is 13.2 Å². The topological polar surface area (TPSA) is 63.6 Å². The number of nitrogens with one attached hydrogen (secondary N) is 1. The van der Waals surface area contributed by atoms with E-state index in [1.807, 2.05) is 0 Å². The molecular weight excluding hydrogens is 375 g/mol. The number of carbonyl (C=O) groups is 1. The van der Waals surface area contributed by atoms with Crippen molar-refractivity contribution in [3.63, 3.8) is 0 Å². The van der Waals surface area contributed by atoms with E-state index in [1.54, 1.807) is 16.0 Å². The van der Waals surface area contributed by atoms with Gasteiger partial charge in [-0.1, -0.05) is 0 Å². The number of aromatic nitrogens is 1. The zero-order chi connectivity index (χ0) is 19.9. The van der Waals surface area contributed by atoms with Gasteiger partial charge in [0, 0.05) is 50.5 Å². The number of fused-ring (bicyclic) bond motifs is 4.